The molecule has 138 valence electrons. The zero-order valence-corrected chi connectivity index (χ0v) is 14.6. The van der Waals surface area contributed by atoms with Crippen molar-refractivity contribution in [1.82, 2.24) is 0 Å². The quantitative estimate of drug-likeness (QED) is 0.526. The predicted molar refractivity (Wildman–Crippen MR) is 95.9 cm³/mol. The number of aromatic hydroxyl groups is 2. The molecule has 2 aromatic carbocycles. The smallest absolute Gasteiger partial charge is 0.204 e. The number of para-hydroxylation sites is 1. The number of aliphatic hydroxyl groups excluding tert-OH is 1. The van der Waals surface area contributed by atoms with Gasteiger partial charge in [-0.3, -0.25) is 4.79 Å². The Morgan fingerprint density at radius 3 is 2.50 bits per heavy atom. The van der Waals surface area contributed by atoms with E-state index in [-0.39, 0.29) is 45.6 Å². The minimum Gasteiger partial charge on any atom is -0.507 e. The fourth-order valence-corrected chi connectivity index (χ4v) is 2.86. The van der Waals surface area contributed by atoms with Gasteiger partial charge in [0.1, 0.15) is 22.5 Å². The molecule has 0 spiro atoms. The van der Waals surface area contributed by atoms with Crippen molar-refractivity contribution in [3.05, 3.63) is 40.1 Å². The number of ether oxygens (including phenoxy) is 1. The molecule has 0 saturated heterocycles. The molecule has 1 heterocycles. The Hall–Kier alpha value is -2.77. The molecule has 1 atom stereocenters. The zero-order chi connectivity index (χ0) is 19.2. The Bertz CT molecular complexity index is 1040. The molecule has 4 N–H and O–H groups in total. The summed E-state index contributed by atoms with van der Waals surface area (Å²) >= 11 is 0. The summed E-state index contributed by atoms with van der Waals surface area (Å²) < 4.78 is 11.0. The zero-order valence-electron chi connectivity index (χ0n) is 14.6. The molecule has 0 aliphatic heterocycles. The number of hydrogen-bond acceptors (Lipinski definition) is 7. The van der Waals surface area contributed by atoms with Crippen molar-refractivity contribution in [3.63, 3.8) is 0 Å². The summed E-state index contributed by atoms with van der Waals surface area (Å²) in [6.45, 7) is 2.90. The van der Waals surface area contributed by atoms with Gasteiger partial charge in [0.2, 0.25) is 5.43 Å². The predicted octanol–water partition coefficient (Wildman–Crippen LogP) is 2.04. The molecule has 1 unspecified atom stereocenters. The summed E-state index contributed by atoms with van der Waals surface area (Å²) in [5.41, 5.74) is -1.66. The van der Waals surface area contributed by atoms with Crippen LogP contribution in [0.4, 0.5) is 0 Å². The highest BCUT2D eigenvalue weighted by molar-refractivity contribution is 5.97. The summed E-state index contributed by atoms with van der Waals surface area (Å²) in [4.78, 5) is 12.8. The van der Waals surface area contributed by atoms with E-state index in [1.165, 1.54) is 45.2 Å². The largest absolute Gasteiger partial charge is 0.507 e. The molecular formula is C19H20O7. The van der Waals surface area contributed by atoms with Crippen LogP contribution >= 0.6 is 0 Å². The molecule has 1 aromatic heterocycles. The summed E-state index contributed by atoms with van der Waals surface area (Å²) in [6, 6.07) is 5.62. The van der Waals surface area contributed by atoms with Crippen LogP contribution in [-0.2, 0) is 6.42 Å². The second kappa shape index (κ2) is 6.19. The van der Waals surface area contributed by atoms with E-state index in [0.29, 0.717) is 5.56 Å². The van der Waals surface area contributed by atoms with Gasteiger partial charge in [-0.15, -0.1) is 0 Å². The molecule has 7 nitrogen and oxygen atoms in total. The Morgan fingerprint density at radius 1 is 1.19 bits per heavy atom. The van der Waals surface area contributed by atoms with E-state index >= 15 is 0 Å². The van der Waals surface area contributed by atoms with Crippen LogP contribution in [0.15, 0.2) is 33.5 Å². The Balaban J connectivity index is 2.42. The van der Waals surface area contributed by atoms with Crippen LogP contribution in [0.25, 0.3) is 21.9 Å². The van der Waals surface area contributed by atoms with Crippen molar-refractivity contribution in [2.75, 3.05) is 7.11 Å². The first-order valence-electron chi connectivity index (χ1n) is 8.03. The van der Waals surface area contributed by atoms with Gasteiger partial charge in [-0.25, -0.2) is 0 Å². The highest BCUT2D eigenvalue weighted by Crippen LogP contribution is 2.38. The lowest BCUT2D eigenvalue weighted by atomic mass is 9.93. The molecule has 3 rings (SSSR count). The average Bonchev–Trinajstić information content (AvgIpc) is 2.56. The van der Waals surface area contributed by atoms with Gasteiger partial charge in [0.05, 0.1) is 24.2 Å². The van der Waals surface area contributed by atoms with Crippen molar-refractivity contribution in [2.24, 2.45) is 0 Å². The maximum Gasteiger partial charge on any atom is 0.204 e. The van der Waals surface area contributed by atoms with Crippen molar-refractivity contribution in [2.45, 2.75) is 32.0 Å². The lowest BCUT2D eigenvalue weighted by Gasteiger charge is -2.25. The average molecular weight is 360 g/mol. The van der Waals surface area contributed by atoms with Crippen LogP contribution in [-0.4, -0.2) is 39.2 Å². The van der Waals surface area contributed by atoms with Gasteiger partial charge in [-0.1, -0.05) is 6.07 Å². The minimum atomic E-state index is -1.41. The number of phenols is 2. The lowest BCUT2D eigenvalue weighted by molar-refractivity contribution is -0.0470. The third-order valence-corrected chi connectivity index (χ3v) is 4.43. The highest BCUT2D eigenvalue weighted by atomic mass is 16.5. The molecule has 3 aromatic rings. The molecule has 0 fully saturated rings. The molecule has 7 heteroatoms. The van der Waals surface area contributed by atoms with E-state index < -0.39 is 17.1 Å². The van der Waals surface area contributed by atoms with Gasteiger partial charge in [0.25, 0.3) is 0 Å². The summed E-state index contributed by atoms with van der Waals surface area (Å²) in [7, 11) is 1.37. The van der Waals surface area contributed by atoms with Crippen LogP contribution in [0.2, 0.25) is 0 Å². The second-order valence-corrected chi connectivity index (χ2v) is 6.74. The topological polar surface area (TPSA) is 120 Å². The summed E-state index contributed by atoms with van der Waals surface area (Å²) in [5.74, 6) is -0.369. The second-order valence-electron chi connectivity index (χ2n) is 6.74. The Morgan fingerprint density at radius 2 is 1.88 bits per heavy atom. The van der Waals surface area contributed by atoms with E-state index in [1.807, 2.05) is 0 Å². The number of rotatable bonds is 4. The molecule has 0 saturated carbocycles. The SMILES string of the molecule is COc1cc(O)c2c(=O)c3cccc(O)c3oc2c1CC(O)C(C)(C)O. The van der Waals surface area contributed by atoms with Gasteiger partial charge in [-0.2, -0.15) is 0 Å². The van der Waals surface area contributed by atoms with Crippen LogP contribution in [0.3, 0.4) is 0 Å². The van der Waals surface area contributed by atoms with Crippen LogP contribution in [0, 0.1) is 0 Å². The number of fused-ring (bicyclic) bond motifs is 2. The first-order chi connectivity index (χ1) is 12.1. The highest BCUT2D eigenvalue weighted by Gasteiger charge is 2.29. The van der Waals surface area contributed by atoms with E-state index in [9.17, 15) is 25.2 Å². The van der Waals surface area contributed by atoms with Crippen molar-refractivity contribution >= 4 is 21.9 Å². The number of methoxy groups -OCH3 is 1. The molecule has 26 heavy (non-hydrogen) atoms. The standard InChI is InChI=1S/C19H20O7/c1-19(2,24)14(22)7-10-13(25-3)8-12(21)15-16(23)9-5-4-6-11(20)17(9)26-18(10)15/h4-6,8,14,20-22,24H,7H2,1-3H3. The maximum absolute atomic E-state index is 12.8. The van der Waals surface area contributed by atoms with Gasteiger partial charge >= 0.3 is 0 Å². The van der Waals surface area contributed by atoms with Gasteiger partial charge in [0.15, 0.2) is 11.3 Å². The van der Waals surface area contributed by atoms with E-state index in [0.717, 1.165) is 0 Å². The van der Waals surface area contributed by atoms with E-state index in [4.69, 9.17) is 9.15 Å². The minimum absolute atomic E-state index is 0.0100. The van der Waals surface area contributed by atoms with E-state index in [1.54, 1.807) is 0 Å². The monoisotopic (exact) mass is 360 g/mol. The third-order valence-electron chi connectivity index (χ3n) is 4.43. The number of benzene rings is 2. The van der Waals surface area contributed by atoms with Crippen LogP contribution in [0.1, 0.15) is 19.4 Å². The molecule has 0 aliphatic rings. The molecular weight excluding hydrogens is 340 g/mol. The summed E-state index contributed by atoms with van der Waals surface area (Å²) in [6.07, 6.45) is -1.28. The van der Waals surface area contributed by atoms with Crippen molar-refractivity contribution in [3.8, 4) is 17.2 Å². The molecule has 0 aliphatic carbocycles. The van der Waals surface area contributed by atoms with Crippen molar-refractivity contribution in [1.29, 1.82) is 0 Å². The number of phenolic OH excluding ortho intramolecular Hbond substituents is 2. The van der Waals surface area contributed by atoms with E-state index in [2.05, 4.69) is 0 Å². The first-order valence-corrected chi connectivity index (χ1v) is 8.03. The maximum atomic E-state index is 12.8. The normalized spacial score (nSPS) is 13.3. The van der Waals surface area contributed by atoms with Gasteiger partial charge in [0, 0.05) is 18.1 Å². The lowest BCUT2D eigenvalue weighted by Crippen LogP contribution is -2.37. The van der Waals surface area contributed by atoms with Gasteiger partial charge < -0.3 is 29.6 Å². The van der Waals surface area contributed by atoms with Crippen molar-refractivity contribution < 1.29 is 29.6 Å². The van der Waals surface area contributed by atoms with Crippen LogP contribution in [0.5, 0.6) is 17.2 Å². The number of aliphatic hydroxyl groups is 2. The fourth-order valence-electron chi connectivity index (χ4n) is 2.86. The fraction of sp³-hybridized carbons (Fsp3) is 0.316. The molecule has 0 amide bonds. The molecule has 0 radical (unpaired) electrons. The first kappa shape index (κ1) is 18.0. The van der Waals surface area contributed by atoms with Gasteiger partial charge in [-0.05, 0) is 26.0 Å². The third kappa shape index (κ3) is 2.85. The van der Waals surface area contributed by atoms with Crippen LogP contribution < -0.4 is 10.2 Å². The summed E-state index contributed by atoms with van der Waals surface area (Å²) in [5, 5.41) is 40.7. The Labute approximate surface area is 148 Å². The Kier molecular flexibility index (Phi) is 4.29. The molecule has 0 bridgehead atoms. The number of hydrogen-bond donors (Lipinski definition) is 4.